The van der Waals surface area contributed by atoms with E-state index in [1.807, 2.05) is 80.6 Å². The molecule has 0 saturated carbocycles. The van der Waals surface area contributed by atoms with Crippen molar-refractivity contribution in [3.05, 3.63) is 96.1 Å². The molecule has 5 aromatic rings. The number of fused-ring (bicyclic) bond motifs is 2. The van der Waals surface area contributed by atoms with Gasteiger partial charge in [-0.05, 0) is 48.7 Å². The standard InChI is InChI=1S/C28H21N4O4S.Y/c1-17-8-10-19-16-26(37-36-35-34)27(28(33)22(19)14-17)32-31-25-13-12-24(21-11-9-18(2)15-23(21)25)30-29-20-6-4-3-5-7-20;/h3-8,10-16,33-34H,1-2H3;/q-1;+3. The Hall–Kier alpha value is -3.05. The number of rotatable bonds is 7. The van der Waals surface area contributed by atoms with Crippen LogP contribution in [0.2, 0.25) is 0 Å². The molecule has 5 aromatic carbocycles. The molecule has 0 aromatic heterocycles. The van der Waals surface area contributed by atoms with Gasteiger partial charge in [0, 0.05) is 11.1 Å². The molecular formula is C28H21N4O4SY+2. The number of aryl methyl sites for hydroxylation is 2. The third-order valence-electron chi connectivity index (χ3n) is 5.70. The minimum atomic E-state index is -0.0592. The van der Waals surface area contributed by atoms with Gasteiger partial charge >= 0.3 is 32.7 Å². The van der Waals surface area contributed by atoms with Gasteiger partial charge in [0.25, 0.3) is 0 Å². The smallest absolute Gasteiger partial charge is 0.505 e. The first-order valence-electron chi connectivity index (χ1n) is 11.3. The van der Waals surface area contributed by atoms with Gasteiger partial charge in [0.1, 0.15) is 5.69 Å². The van der Waals surface area contributed by atoms with Crippen LogP contribution in [0.25, 0.3) is 21.5 Å². The van der Waals surface area contributed by atoms with E-state index in [0.29, 0.717) is 33.7 Å². The maximum absolute atomic E-state index is 11.1. The SMILES string of the molecule is Cc1[c-]cc2c(N=Nc3ccccc3)ccc(N=Nc3c(SOOO)cc4ccc(C)cc4c3O)c2c1.[Y+3]. The fourth-order valence-electron chi connectivity index (χ4n) is 3.91. The Morgan fingerprint density at radius 2 is 1.53 bits per heavy atom. The Kier molecular flexibility index (Phi) is 9.32. The van der Waals surface area contributed by atoms with Crippen LogP contribution < -0.4 is 0 Å². The summed E-state index contributed by atoms with van der Waals surface area (Å²) < 4.78 is 4.64. The minimum Gasteiger partial charge on any atom is -0.505 e. The van der Waals surface area contributed by atoms with Crippen LogP contribution in [-0.2, 0) is 42.1 Å². The maximum Gasteiger partial charge on any atom is 3.00 e. The second-order valence-electron chi connectivity index (χ2n) is 8.31. The zero-order valence-corrected chi connectivity index (χ0v) is 24.1. The van der Waals surface area contributed by atoms with E-state index in [-0.39, 0.29) is 44.1 Å². The number of phenolic OH excluding ortho intramolecular Hbond substituents is 1. The van der Waals surface area contributed by atoms with Gasteiger partial charge in [-0.1, -0.05) is 58.6 Å². The van der Waals surface area contributed by atoms with Gasteiger partial charge in [0.2, 0.25) is 0 Å². The van der Waals surface area contributed by atoms with Crippen molar-refractivity contribution in [3.63, 3.8) is 0 Å². The van der Waals surface area contributed by atoms with Crippen molar-refractivity contribution in [3.8, 4) is 5.75 Å². The largest absolute Gasteiger partial charge is 3.00 e. The van der Waals surface area contributed by atoms with Crippen LogP contribution in [0.1, 0.15) is 11.1 Å². The van der Waals surface area contributed by atoms with E-state index in [4.69, 9.17) is 5.26 Å². The molecule has 0 fully saturated rings. The molecule has 0 saturated heterocycles. The summed E-state index contributed by atoms with van der Waals surface area (Å²) in [6.07, 6.45) is 0. The topological polar surface area (TPSA) is 108 Å². The molecule has 0 bridgehead atoms. The molecule has 184 valence electrons. The number of azo groups is 2. The molecule has 38 heavy (non-hydrogen) atoms. The second-order valence-corrected chi connectivity index (χ2v) is 9.05. The van der Waals surface area contributed by atoms with Gasteiger partial charge in [-0.3, -0.25) is 0 Å². The molecule has 0 radical (unpaired) electrons. The summed E-state index contributed by atoms with van der Waals surface area (Å²) in [5.74, 6) is -0.0592. The molecular weight excluding hydrogens is 577 g/mol. The Bertz CT molecular complexity index is 1660. The maximum atomic E-state index is 11.1. The van der Waals surface area contributed by atoms with E-state index < -0.39 is 0 Å². The number of phenols is 1. The van der Waals surface area contributed by atoms with Crippen molar-refractivity contribution in [2.75, 3.05) is 0 Å². The zero-order valence-electron chi connectivity index (χ0n) is 20.5. The molecule has 0 aliphatic heterocycles. The van der Waals surface area contributed by atoms with E-state index in [0.717, 1.165) is 33.0 Å². The molecule has 5 rings (SSSR count). The summed E-state index contributed by atoms with van der Waals surface area (Å²) in [5, 5.41) is 44.1. The molecule has 0 heterocycles. The first-order chi connectivity index (χ1) is 18.0. The number of aromatic hydroxyl groups is 1. The molecule has 0 spiro atoms. The van der Waals surface area contributed by atoms with Crippen LogP contribution >= 0.6 is 12.0 Å². The van der Waals surface area contributed by atoms with Crippen molar-refractivity contribution in [1.82, 2.24) is 0 Å². The Labute approximate surface area is 248 Å². The van der Waals surface area contributed by atoms with Crippen molar-refractivity contribution < 1.29 is 52.4 Å². The molecule has 10 heteroatoms. The van der Waals surface area contributed by atoms with Crippen LogP contribution in [0.15, 0.2) is 104 Å². The van der Waals surface area contributed by atoms with Gasteiger partial charge in [-0.15, -0.1) is 9.45 Å². The van der Waals surface area contributed by atoms with Crippen molar-refractivity contribution in [2.24, 2.45) is 20.5 Å². The second kappa shape index (κ2) is 12.7. The average molecular weight is 598 g/mol. The summed E-state index contributed by atoms with van der Waals surface area (Å²) in [7, 11) is 0. The first kappa shape index (κ1) is 28.0. The van der Waals surface area contributed by atoms with Gasteiger partial charge in [0.05, 0.1) is 28.3 Å². The van der Waals surface area contributed by atoms with Crippen LogP contribution in [0, 0.1) is 19.9 Å². The van der Waals surface area contributed by atoms with Crippen molar-refractivity contribution >= 4 is 56.3 Å². The summed E-state index contributed by atoms with van der Waals surface area (Å²) in [6.45, 7) is 3.88. The minimum absolute atomic E-state index is 0. The van der Waals surface area contributed by atoms with Crippen molar-refractivity contribution in [2.45, 2.75) is 18.7 Å². The predicted octanol–water partition coefficient (Wildman–Crippen LogP) is 9.37. The number of hydrogen-bond acceptors (Lipinski definition) is 9. The first-order valence-corrected chi connectivity index (χ1v) is 12.0. The fraction of sp³-hybridized carbons (Fsp3) is 0.0714. The fourth-order valence-corrected chi connectivity index (χ4v) is 4.41. The number of benzene rings is 5. The van der Waals surface area contributed by atoms with Gasteiger partial charge in [-0.25, -0.2) is 5.26 Å². The van der Waals surface area contributed by atoms with Crippen LogP contribution in [0.3, 0.4) is 0 Å². The van der Waals surface area contributed by atoms with E-state index in [2.05, 4.69) is 35.9 Å². The van der Waals surface area contributed by atoms with Crippen LogP contribution in [0.4, 0.5) is 22.7 Å². The third kappa shape index (κ3) is 6.15. The van der Waals surface area contributed by atoms with E-state index in [9.17, 15) is 5.11 Å². The summed E-state index contributed by atoms with van der Waals surface area (Å²) in [6, 6.07) is 27.6. The summed E-state index contributed by atoms with van der Waals surface area (Å²) >= 11 is 0.710. The molecule has 0 aliphatic carbocycles. The van der Waals surface area contributed by atoms with Crippen LogP contribution in [0.5, 0.6) is 5.75 Å². The number of nitrogens with zero attached hydrogens (tertiary/aromatic N) is 4. The third-order valence-corrected chi connectivity index (χ3v) is 6.32. The quantitative estimate of drug-likeness (QED) is 0.0638. The van der Waals surface area contributed by atoms with E-state index in [1.165, 1.54) is 0 Å². The van der Waals surface area contributed by atoms with Crippen molar-refractivity contribution in [1.29, 1.82) is 0 Å². The molecule has 2 N–H and O–H groups in total. The zero-order chi connectivity index (χ0) is 25.8. The Balaban J connectivity index is 0.00000336. The number of hydrogen-bond donors (Lipinski definition) is 2. The predicted molar refractivity (Wildman–Crippen MR) is 143 cm³/mol. The molecule has 8 nitrogen and oxygen atoms in total. The van der Waals surface area contributed by atoms with Gasteiger partial charge in [-0.2, -0.15) is 39.1 Å². The van der Waals surface area contributed by atoms with E-state index in [1.54, 1.807) is 12.1 Å². The molecule has 0 aliphatic rings. The van der Waals surface area contributed by atoms with E-state index >= 15 is 0 Å². The van der Waals surface area contributed by atoms with Gasteiger partial charge in [0.15, 0.2) is 5.75 Å². The Morgan fingerprint density at radius 1 is 0.789 bits per heavy atom. The average Bonchev–Trinajstić information content (AvgIpc) is 2.91. The molecule has 0 unspecified atom stereocenters. The normalized spacial score (nSPS) is 11.6. The summed E-state index contributed by atoms with van der Waals surface area (Å²) in [5.41, 5.74) is 4.08. The Morgan fingerprint density at radius 3 is 2.29 bits per heavy atom. The monoisotopic (exact) mass is 598 g/mol. The molecule has 0 atom stereocenters. The summed E-state index contributed by atoms with van der Waals surface area (Å²) in [4.78, 5) is 0.411. The van der Waals surface area contributed by atoms with Gasteiger partial charge < -0.3 is 5.11 Å². The van der Waals surface area contributed by atoms with Crippen LogP contribution in [-0.4, -0.2) is 10.4 Å². The molecule has 0 amide bonds.